The summed E-state index contributed by atoms with van der Waals surface area (Å²) in [7, 11) is 1.28. The first kappa shape index (κ1) is 11.2. The number of methoxy groups -OCH3 is 1. The van der Waals surface area contributed by atoms with Crippen molar-refractivity contribution in [2.45, 2.75) is 0 Å². The van der Waals surface area contributed by atoms with Gasteiger partial charge >= 0.3 is 5.97 Å². The molecule has 0 radical (unpaired) electrons. The largest absolute Gasteiger partial charge is 0.465 e. The van der Waals surface area contributed by atoms with Gasteiger partial charge in [0, 0.05) is 3.57 Å². The molecule has 0 aliphatic carbocycles. The molecular formula is C8H5FI2O2. The molecule has 0 saturated heterocycles. The minimum absolute atomic E-state index is 0.295. The number of hydrogen-bond acceptors (Lipinski definition) is 2. The Kier molecular flexibility index (Phi) is 3.89. The lowest BCUT2D eigenvalue weighted by Crippen LogP contribution is -2.07. The molecule has 0 saturated carbocycles. The highest BCUT2D eigenvalue weighted by atomic mass is 127. The van der Waals surface area contributed by atoms with Crippen molar-refractivity contribution in [2.75, 3.05) is 7.11 Å². The van der Waals surface area contributed by atoms with Crippen molar-refractivity contribution in [3.05, 3.63) is 30.7 Å². The van der Waals surface area contributed by atoms with Gasteiger partial charge in [-0.05, 0) is 57.3 Å². The molecule has 70 valence electrons. The van der Waals surface area contributed by atoms with Gasteiger partial charge in [-0.1, -0.05) is 0 Å². The Bertz CT molecular complexity index is 352. The molecule has 0 spiro atoms. The van der Waals surface area contributed by atoms with Crippen LogP contribution in [0.5, 0.6) is 0 Å². The summed E-state index contributed by atoms with van der Waals surface area (Å²) in [6.45, 7) is 0. The number of ether oxygens (including phenoxy) is 1. The Hall–Kier alpha value is 0.0800. The average molecular weight is 406 g/mol. The van der Waals surface area contributed by atoms with Gasteiger partial charge in [-0.25, -0.2) is 9.18 Å². The maximum atomic E-state index is 13.0. The molecule has 1 aromatic rings. The minimum Gasteiger partial charge on any atom is -0.465 e. The van der Waals surface area contributed by atoms with Gasteiger partial charge < -0.3 is 4.74 Å². The standard InChI is InChI=1S/C8H5FI2O2/c1-13-8(12)6-5(10)3-2-4(9)7(6)11/h2-3H,1H3. The summed E-state index contributed by atoms with van der Waals surface area (Å²) in [4.78, 5) is 11.2. The molecule has 0 amide bonds. The predicted molar refractivity (Wildman–Crippen MR) is 63.2 cm³/mol. The summed E-state index contributed by atoms with van der Waals surface area (Å²) in [5.74, 6) is -0.908. The quantitative estimate of drug-likeness (QED) is 0.408. The van der Waals surface area contributed by atoms with Crippen molar-refractivity contribution < 1.29 is 13.9 Å². The Morgan fingerprint density at radius 2 is 2.08 bits per heavy atom. The van der Waals surface area contributed by atoms with Gasteiger partial charge in [-0.2, -0.15) is 0 Å². The van der Waals surface area contributed by atoms with Gasteiger partial charge in [-0.3, -0.25) is 0 Å². The summed E-state index contributed by atoms with van der Waals surface area (Å²) in [5, 5.41) is 0. The zero-order chi connectivity index (χ0) is 10.0. The van der Waals surface area contributed by atoms with Crippen LogP contribution >= 0.6 is 45.2 Å². The summed E-state index contributed by atoms with van der Waals surface area (Å²) >= 11 is 3.76. The van der Waals surface area contributed by atoms with Gasteiger partial charge in [0.2, 0.25) is 0 Å². The van der Waals surface area contributed by atoms with Crippen LogP contribution in [0.25, 0.3) is 0 Å². The van der Waals surface area contributed by atoms with Crippen LogP contribution in [0.1, 0.15) is 10.4 Å². The van der Waals surface area contributed by atoms with Crippen LogP contribution in [0.4, 0.5) is 4.39 Å². The molecule has 0 unspecified atom stereocenters. The van der Waals surface area contributed by atoms with E-state index in [0.717, 1.165) is 0 Å². The molecule has 5 heteroatoms. The highest BCUT2D eigenvalue weighted by molar-refractivity contribution is 14.1. The van der Waals surface area contributed by atoms with E-state index < -0.39 is 11.8 Å². The fraction of sp³-hybridized carbons (Fsp3) is 0.125. The van der Waals surface area contributed by atoms with Crippen LogP contribution < -0.4 is 0 Å². The van der Waals surface area contributed by atoms with Gasteiger partial charge in [0.05, 0.1) is 16.2 Å². The van der Waals surface area contributed by atoms with Gasteiger partial charge in [0.25, 0.3) is 0 Å². The molecule has 0 fully saturated rings. The van der Waals surface area contributed by atoms with Crippen molar-refractivity contribution >= 4 is 51.2 Å². The fourth-order valence-corrected chi connectivity index (χ4v) is 2.69. The lowest BCUT2D eigenvalue weighted by molar-refractivity contribution is 0.0597. The van der Waals surface area contributed by atoms with Crippen LogP contribution in [0.3, 0.4) is 0 Å². The van der Waals surface area contributed by atoms with Crippen molar-refractivity contribution in [3.8, 4) is 0 Å². The molecule has 2 nitrogen and oxygen atoms in total. The van der Waals surface area contributed by atoms with Gasteiger partial charge in [0.15, 0.2) is 0 Å². The summed E-state index contributed by atoms with van der Waals surface area (Å²) < 4.78 is 18.6. The Morgan fingerprint density at radius 3 is 2.62 bits per heavy atom. The van der Waals surface area contributed by atoms with Crippen LogP contribution in [0.15, 0.2) is 12.1 Å². The average Bonchev–Trinajstić information content (AvgIpc) is 2.12. The molecule has 0 aliphatic rings. The second-order valence-electron chi connectivity index (χ2n) is 2.21. The first-order chi connectivity index (χ1) is 6.07. The third-order valence-electron chi connectivity index (χ3n) is 1.43. The maximum Gasteiger partial charge on any atom is 0.340 e. The van der Waals surface area contributed by atoms with Crippen molar-refractivity contribution in [1.82, 2.24) is 0 Å². The van der Waals surface area contributed by atoms with E-state index in [0.29, 0.717) is 12.7 Å². The molecule has 0 aromatic heterocycles. The molecule has 0 N–H and O–H groups in total. The van der Waals surface area contributed by atoms with E-state index in [1.165, 1.54) is 13.2 Å². The van der Waals surface area contributed by atoms with E-state index in [2.05, 4.69) is 4.74 Å². The normalized spacial score (nSPS) is 9.85. The highest BCUT2D eigenvalue weighted by Crippen LogP contribution is 2.22. The Morgan fingerprint density at radius 1 is 1.46 bits per heavy atom. The number of benzene rings is 1. The Labute approximate surface area is 102 Å². The van der Waals surface area contributed by atoms with Gasteiger partial charge in [0.1, 0.15) is 5.82 Å². The SMILES string of the molecule is COC(=O)c1c(I)ccc(F)c1I. The molecule has 13 heavy (non-hydrogen) atoms. The zero-order valence-corrected chi connectivity index (χ0v) is 10.9. The molecule has 0 bridgehead atoms. The lowest BCUT2D eigenvalue weighted by Gasteiger charge is -2.05. The van der Waals surface area contributed by atoms with Crippen molar-refractivity contribution in [1.29, 1.82) is 0 Å². The second kappa shape index (κ2) is 4.54. The van der Waals surface area contributed by atoms with Crippen LogP contribution in [-0.2, 0) is 4.74 Å². The first-order valence-corrected chi connectivity index (χ1v) is 5.45. The molecule has 1 aromatic carbocycles. The monoisotopic (exact) mass is 406 g/mol. The smallest absolute Gasteiger partial charge is 0.340 e. The zero-order valence-electron chi connectivity index (χ0n) is 6.61. The molecule has 0 aliphatic heterocycles. The highest BCUT2D eigenvalue weighted by Gasteiger charge is 2.17. The van der Waals surface area contributed by atoms with E-state index in [9.17, 15) is 9.18 Å². The van der Waals surface area contributed by atoms with E-state index in [-0.39, 0.29) is 0 Å². The van der Waals surface area contributed by atoms with Gasteiger partial charge in [-0.15, -0.1) is 0 Å². The number of carbonyl (C=O) groups excluding carboxylic acids is 1. The van der Waals surface area contributed by atoms with Crippen LogP contribution in [-0.4, -0.2) is 13.1 Å². The van der Waals surface area contributed by atoms with Crippen LogP contribution in [0, 0.1) is 13.0 Å². The van der Waals surface area contributed by atoms with Crippen molar-refractivity contribution in [2.24, 2.45) is 0 Å². The number of halogens is 3. The Balaban J connectivity index is 3.33. The fourth-order valence-electron chi connectivity index (χ4n) is 0.816. The molecular weight excluding hydrogens is 401 g/mol. The van der Waals surface area contributed by atoms with E-state index in [1.54, 1.807) is 28.7 Å². The summed E-state index contributed by atoms with van der Waals surface area (Å²) in [5.41, 5.74) is 0.295. The third kappa shape index (κ3) is 2.30. The topological polar surface area (TPSA) is 26.3 Å². The minimum atomic E-state index is -0.506. The van der Waals surface area contributed by atoms with Crippen LogP contribution in [0.2, 0.25) is 0 Å². The van der Waals surface area contributed by atoms with E-state index >= 15 is 0 Å². The third-order valence-corrected chi connectivity index (χ3v) is 3.39. The van der Waals surface area contributed by atoms with Crippen molar-refractivity contribution in [3.63, 3.8) is 0 Å². The number of rotatable bonds is 1. The molecule has 0 heterocycles. The maximum absolute atomic E-state index is 13.0. The summed E-state index contributed by atoms with van der Waals surface area (Å²) in [6, 6.07) is 2.88. The summed E-state index contributed by atoms with van der Waals surface area (Å²) in [6.07, 6.45) is 0. The number of hydrogen-bond donors (Lipinski definition) is 0. The molecule has 1 rings (SSSR count). The molecule has 0 atom stereocenters. The number of carbonyl (C=O) groups is 1. The predicted octanol–water partition coefficient (Wildman–Crippen LogP) is 2.82. The van der Waals surface area contributed by atoms with E-state index in [1.807, 2.05) is 22.6 Å². The first-order valence-electron chi connectivity index (χ1n) is 3.29. The lowest BCUT2D eigenvalue weighted by atomic mass is 10.2. The van der Waals surface area contributed by atoms with E-state index in [4.69, 9.17) is 0 Å². The number of esters is 1. The second-order valence-corrected chi connectivity index (χ2v) is 4.45.